The third-order valence-corrected chi connectivity index (χ3v) is 3.79. The fraction of sp³-hybridized carbons (Fsp3) is 0.429. The van der Waals surface area contributed by atoms with Gasteiger partial charge in [-0.05, 0) is 12.5 Å². The highest BCUT2D eigenvalue weighted by atomic mass is 35.5. The van der Waals surface area contributed by atoms with Gasteiger partial charge >= 0.3 is 0 Å². The van der Waals surface area contributed by atoms with Gasteiger partial charge in [0.2, 0.25) is 0 Å². The molecule has 0 radical (unpaired) electrons. The van der Waals surface area contributed by atoms with E-state index < -0.39 is 0 Å². The van der Waals surface area contributed by atoms with E-state index in [0.29, 0.717) is 23.7 Å². The molecule has 0 aliphatic carbocycles. The quantitative estimate of drug-likeness (QED) is 0.812. The van der Waals surface area contributed by atoms with Crippen molar-refractivity contribution in [3.63, 3.8) is 0 Å². The van der Waals surface area contributed by atoms with E-state index in [2.05, 4.69) is 11.1 Å². The van der Waals surface area contributed by atoms with Crippen LogP contribution in [0.5, 0.6) is 5.75 Å². The molecule has 0 N–H and O–H groups in total. The number of aromatic nitrogens is 2. The summed E-state index contributed by atoms with van der Waals surface area (Å²) in [6.45, 7) is 1.51. The van der Waals surface area contributed by atoms with Gasteiger partial charge in [-0.2, -0.15) is 5.26 Å². The molecule has 2 heterocycles. The van der Waals surface area contributed by atoms with Crippen LogP contribution >= 0.6 is 11.6 Å². The summed E-state index contributed by atoms with van der Waals surface area (Å²) in [6, 6.07) is 5.66. The number of hydrogen-bond donors (Lipinski definition) is 0. The summed E-state index contributed by atoms with van der Waals surface area (Å²) in [5, 5.41) is 9.13. The molecular weight excluding hydrogens is 278 g/mol. The number of hydrogen-bond acceptors (Lipinski definition) is 4. The molecule has 0 unspecified atom stereocenters. The lowest BCUT2D eigenvalue weighted by atomic mass is 10.1. The van der Waals surface area contributed by atoms with Gasteiger partial charge in [0, 0.05) is 12.7 Å². The van der Waals surface area contributed by atoms with Crippen molar-refractivity contribution in [2.24, 2.45) is 0 Å². The summed E-state index contributed by atoms with van der Waals surface area (Å²) in [6.07, 6.45) is 1.24. The standard InChI is InChI=1S/C14H14ClN3O2/c1-19-12-5-9(7-16)4-11-14(12)17-13(6-15)18(11)8-10-2-3-20-10/h4-5,10H,2-3,6,8H2,1H3/t10-/m0/s1. The number of rotatable bonds is 4. The Balaban J connectivity index is 2.16. The van der Waals surface area contributed by atoms with Gasteiger partial charge in [0.1, 0.15) is 17.1 Å². The lowest BCUT2D eigenvalue weighted by molar-refractivity contribution is -0.0589. The van der Waals surface area contributed by atoms with Crippen molar-refractivity contribution in [2.75, 3.05) is 13.7 Å². The smallest absolute Gasteiger partial charge is 0.148 e. The van der Waals surface area contributed by atoms with E-state index in [-0.39, 0.29) is 6.10 Å². The summed E-state index contributed by atoms with van der Waals surface area (Å²) in [5.41, 5.74) is 2.15. The third kappa shape index (κ3) is 2.11. The highest BCUT2D eigenvalue weighted by Crippen LogP contribution is 2.29. The van der Waals surface area contributed by atoms with Gasteiger partial charge in [-0.3, -0.25) is 0 Å². The topological polar surface area (TPSA) is 60.1 Å². The predicted molar refractivity (Wildman–Crippen MR) is 74.9 cm³/mol. The average Bonchev–Trinajstić information content (AvgIpc) is 2.79. The Morgan fingerprint density at radius 3 is 2.95 bits per heavy atom. The van der Waals surface area contributed by atoms with E-state index in [0.717, 1.165) is 29.9 Å². The predicted octanol–water partition coefficient (Wildman–Crippen LogP) is 2.44. The van der Waals surface area contributed by atoms with Crippen LogP contribution in [0.3, 0.4) is 0 Å². The van der Waals surface area contributed by atoms with Crippen LogP contribution in [0.15, 0.2) is 12.1 Å². The highest BCUT2D eigenvalue weighted by molar-refractivity contribution is 6.16. The zero-order valence-electron chi connectivity index (χ0n) is 11.1. The van der Waals surface area contributed by atoms with E-state index in [4.69, 9.17) is 26.3 Å². The lowest BCUT2D eigenvalue weighted by Gasteiger charge is -2.27. The number of imidazole rings is 1. The maximum atomic E-state index is 9.13. The highest BCUT2D eigenvalue weighted by Gasteiger charge is 2.22. The first-order valence-electron chi connectivity index (χ1n) is 6.41. The molecule has 20 heavy (non-hydrogen) atoms. The van der Waals surface area contributed by atoms with Crippen molar-refractivity contribution in [1.82, 2.24) is 9.55 Å². The molecule has 0 bridgehead atoms. The second-order valence-electron chi connectivity index (χ2n) is 4.71. The first-order valence-corrected chi connectivity index (χ1v) is 6.95. The molecule has 1 saturated heterocycles. The largest absolute Gasteiger partial charge is 0.494 e. The molecule has 5 nitrogen and oxygen atoms in total. The number of halogens is 1. The zero-order valence-corrected chi connectivity index (χ0v) is 11.9. The number of ether oxygens (including phenoxy) is 2. The Morgan fingerprint density at radius 1 is 1.60 bits per heavy atom. The average molecular weight is 292 g/mol. The second kappa shape index (κ2) is 5.31. The molecule has 1 aromatic heterocycles. The number of benzene rings is 1. The Hall–Kier alpha value is -1.77. The summed E-state index contributed by atoms with van der Waals surface area (Å²) in [7, 11) is 1.57. The van der Waals surface area contributed by atoms with Crippen molar-refractivity contribution in [2.45, 2.75) is 24.9 Å². The fourth-order valence-electron chi connectivity index (χ4n) is 2.40. The number of nitrogens with zero attached hydrogens (tertiary/aromatic N) is 3. The van der Waals surface area contributed by atoms with Gasteiger partial charge in [0.25, 0.3) is 0 Å². The van der Waals surface area contributed by atoms with Gasteiger partial charge in [0.15, 0.2) is 0 Å². The molecule has 2 aromatic rings. The molecule has 3 rings (SSSR count). The number of methoxy groups -OCH3 is 1. The van der Waals surface area contributed by atoms with Gasteiger partial charge in [-0.25, -0.2) is 4.98 Å². The van der Waals surface area contributed by atoms with Crippen molar-refractivity contribution in [1.29, 1.82) is 5.26 Å². The maximum Gasteiger partial charge on any atom is 0.148 e. The van der Waals surface area contributed by atoms with Gasteiger partial charge in [0.05, 0.1) is 42.8 Å². The molecule has 0 spiro atoms. The summed E-state index contributed by atoms with van der Waals surface area (Å²) in [4.78, 5) is 4.53. The molecule has 1 aliphatic heterocycles. The number of alkyl halides is 1. The Morgan fingerprint density at radius 2 is 2.40 bits per heavy atom. The zero-order chi connectivity index (χ0) is 14.1. The second-order valence-corrected chi connectivity index (χ2v) is 4.98. The molecule has 0 amide bonds. The molecule has 104 valence electrons. The molecule has 0 saturated carbocycles. The molecular formula is C14H14ClN3O2. The Bertz CT molecular complexity index is 686. The number of fused-ring (bicyclic) bond motifs is 1. The van der Waals surface area contributed by atoms with E-state index >= 15 is 0 Å². The first-order chi connectivity index (χ1) is 9.76. The summed E-state index contributed by atoms with van der Waals surface area (Å²) < 4.78 is 12.8. The fourth-order valence-corrected chi connectivity index (χ4v) is 2.60. The van der Waals surface area contributed by atoms with Crippen LogP contribution < -0.4 is 4.74 Å². The first kappa shape index (κ1) is 13.2. The van der Waals surface area contributed by atoms with E-state index in [1.165, 1.54) is 0 Å². The van der Waals surface area contributed by atoms with E-state index in [1.54, 1.807) is 13.2 Å². The minimum atomic E-state index is 0.200. The molecule has 1 atom stereocenters. The van der Waals surface area contributed by atoms with Crippen LogP contribution in [0.4, 0.5) is 0 Å². The summed E-state index contributed by atoms with van der Waals surface area (Å²) in [5.74, 6) is 1.68. The minimum absolute atomic E-state index is 0.200. The van der Waals surface area contributed by atoms with Crippen LogP contribution in [-0.4, -0.2) is 29.4 Å². The third-order valence-electron chi connectivity index (χ3n) is 3.55. The number of nitriles is 1. The van der Waals surface area contributed by atoms with Gasteiger partial charge in [-0.1, -0.05) is 0 Å². The minimum Gasteiger partial charge on any atom is -0.494 e. The monoisotopic (exact) mass is 291 g/mol. The van der Waals surface area contributed by atoms with E-state index in [1.807, 2.05) is 10.6 Å². The van der Waals surface area contributed by atoms with Crippen molar-refractivity contribution in [3.8, 4) is 11.8 Å². The molecule has 1 aliphatic rings. The van der Waals surface area contributed by atoms with Crippen LogP contribution in [0.1, 0.15) is 17.8 Å². The van der Waals surface area contributed by atoms with Crippen molar-refractivity contribution < 1.29 is 9.47 Å². The SMILES string of the molecule is COc1cc(C#N)cc2c1nc(CCl)n2C[C@@H]1CCO1. The molecule has 6 heteroatoms. The normalized spacial score (nSPS) is 17.8. The summed E-state index contributed by atoms with van der Waals surface area (Å²) >= 11 is 5.99. The Kier molecular flexibility index (Phi) is 3.51. The van der Waals surface area contributed by atoms with Crippen LogP contribution in [-0.2, 0) is 17.2 Å². The van der Waals surface area contributed by atoms with Crippen LogP contribution in [0, 0.1) is 11.3 Å². The Labute approximate surface area is 121 Å². The maximum absolute atomic E-state index is 9.13. The van der Waals surface area contributed by atoms with Crippen molar-refractivity contribution in [3.05, 3.63) is 23.5 Å². The van der Waals surface area contributed by atoms with Crippen molar-refractivity contribution >= 4 is 22.6 Å². The van der Waals surface area contributed by atoms with Crippen LogP contribution in [0.25, 0.3) is 11.0 Å². The lowest BCUT2D eigenvalue weighted by Crippen LogP contribution is -2.31. The van der Waals surface area contributed by atoms with E-state index in [9.17, 15) is 0 Å². The van der Waals surface area contributed by atoms with Gasteiger partial charge in [-0.15, -0.1) is 11.6 Å². The van der Waals surface area contributed by atoms with Gasteiger partial charge < -0.3 is 14.0 Å². The van der Waals surface area contributed by atoms with Crippen LogP contribution in [0.2, 0.25) is 0 Å². The molecule has 1 fully saturated rings. The molecule has 1 aromatic carbocycles.